The number of nitrogens with one attached hydrogen (secondary N) is 2. The molecule has 0 amide bonds. The molecule has 0 aromatic heterocycles. The Balaban J connectivity index is 0.00000162. The third-order valence-electron chi connectivity index (χ3n) is 2.88. The summed E-state index contributed by atoms with van der Waals surface area (Å²) in [5.74, 6) is 0. The van der Waals surface area contributed by atoms with Crippen LogP contribution in [0.1, 0.15) is 0 Å². The minimum atomic E-state index is -3.39. The zero-order valence-electron chi connectivity index (χ0n) is 10.2. The van der Waals surface area contributed by atoms with Crippen LogP contribution in [0, 0.1) is 0 Å². The summed E-state index contributed by atoms with van der Waals surface area (Å²) in [6.45, 7) is 3.42. The lowest BCUT2D eigenvalue weighted by Crippen LogP contribution is -2.44. The van der Waals surface area contributed by atoms with E-state index in [-0.39, 0.29) is 12.4 Å². The number of anilines is 1. The summed E-state index contributed by atoms with van der Waals surface area (Å²) in [6.07, 6.45) is 0. The summed E-state index contributed by atoms with van der Waals surface area (Å²) in [5.41, 5.74) is 0.781. The van der Waals surface area contributed by atoms with Gasteiger partial charge in [0.05, 0.1) is 5.69 Å². The summed E-state index contributed by atoms with van der Waals surface area (Å²) in [6, 6.07) is 7.11. The highest BCUT2D eigenvalue weighted by Gasteiger charge is 2.20. The van der Waals surface area contributed by atoms with E-state index in [1.807, 2.05) is 12.1 Å². The van der Waals surface area contributed by atoms with Crippen LogP contribution in [-0.2, 0) is 10.0 Å². The second kappa shape index (κ2) is 6.38. The topological polar surface area (TPSA) is 61.4 Å². The molecular formula is C11H18ClN3O2S. The van der Waals surface area contributed by atoms with Gasteiger partial charge in [0.1, 0.15) is 4.90 Å². The van der Waals surface area contributed by atoms with Crippen LogP contribution < -0.4 is 14.9 Å². The normalized spacial score (nSPS) is 16.2. The lowest BCUT2D eigenvalue weighted by atomic mass is 10.2. The maximum Gasteiger partial charge on any atom is 0.242 e. The molecule has 2 N–H and O–H groups in total. The lowest BCUT2D eigenvalue weighted by Gasteiger charge is -2.30. The van der Waals surface area contributed by atoms with Crippen LogP contribution in [0.2, 0.25) is 0 Å². The third-order valence-corrected chi connectivity index (χ3v) is 4.34. The average molecular weight is 292 g/mol. The van der Waals surface area contributed by atoms with Crippen molar-refractivity contribution in [2.45, 2.75) is 4.90 Å². The number of nitrogens with zero attached hydrogens (tertiary/aromatic N) is 1. The smallest absolute Gasteiger partial charge is 0.242 e. The molecule has 1 aromatic rings. The zero-order valence-corrected chi connectivity index (χ0v) is 11.9. The number of piperazine rings is 1. The van der Waals surface area contributed by atoms with Gasteiger partial charge in [-0.3, -0.25) is 0 Å². The maximum absolute atomic E-state index is 11.9. The van der Waals surface area contributed by atoms with Gasteiger partial charge in [-0.1, -0.05) is 12.1 Å². The van der Waals surface area contributed by atoms with Crippen molar-refractivity contribution in [3.05, 3.63) is 24.3 Å². The van der Waals surface area contributed by atoms with Gasteiger partial charge in [-0.05, 0) is 19.2 Å². The predicted molar refractivity (Wildman–Crippen MR) is 75.0 cm³/mol. The molecule has 0 aliphatic carbocycles. The Kier molecular flexibility index (Phi) is 5.40. The number of rotatable bonds is 3. The van der Waals surface area contributed by atoms with E-state index in [9.17, 15) is 8.42 Å². The molecule has 0 atom stereocenters. The molecule has 1 fully saturated rings. The highest BCUT2D eigenvalue weighted by molar-refractivity contribution is 7.89. The maximum atomic E-state index is 11.9. The quantitative estimate of drug-likeness (QED) is 0.848. The molecule has 18 heavy (non-hydrogen) atoms. The van der Waals surface area contributed by atoms with Crippen LogP contribution in [0.4, 0.5) is 5.69 Å². The van der Waals surface area contributed by atoms with E-state index in [4.69, 9.17) is 0 Å². The van der Waals surface area contributed by atoms with Gasteiger partial charge in [0.2, 0.25) is 10.0 Å². The first-order valence-corrected chi connectivity index (χ1v) is 7.12. The van der Waals surface area contributed by atoms with Crippen molar-refractivity contribution in [2.75, 3.05) is 38.1 Å². The van der Waals surface area contributed by atoms with Gasteiger partial charge in [-0.25, -0.2) is 13.1 Å². The number of halogens is 1. The van der Waals surface area contributed by atoms with Crippen LogP contribution in [-0.4, -0.2) is 41.6 Å². The van der Waals surface area contributed by atoms with Gasteiger partial charge in [0.25, 0.3) is 0 Å². The van der Waals surface area contributed by atoms with Crippen molar-refractivity contribution >= 4 is 28.1 Å². The highest BCUT2D eigenvalue weighted by Crippen LogP contribution is 2.24. The molecule has 0 unspecified atom stereocenters. The first kappa shape index (κ1) is 15.2. The van der Waals surface area contributed by atoms with E-state index in [1.54, 1.807) is 12.1 Å². The van der Waals surface area contributed by atoms with Crippen LogP contribution in [0.5, 0.6) is 0 Å². The van der Waals surface area contributed by atoms with Crippen molar-refractivity contribution in [1.82, 2.24) is 10.0 Å². The summed E-state index contributed by atoms with van der Waals surface area (Å²) in [5, 5.41) is 3.25. The third kappa shape index (κ3) is 3.14. The van der Waals surface area contributed by atoms with E-state index in [0.717, 1.165) is 31.9 Å². The Labute approximate surface area is 114 Å². The molecule has 1 saturated heterocycles. The number of para-hydroxylation sites is 1. The molecule has 1 aliphatic rings. The summed E-state index contributed by atoms with van der Waals surface area (Å²) < 4.78 is 26.2. The van der Waals surface area contributed by atoms with Crippen LogP contribution >= 0.6 is 12.4 Å². The van der Waals surface area contributed by atoms with Crippen molar-refractivity contribution in [3.63, 3.8) is 0 Å². The van der Waals surface area contributed by atoms with Crippen molar-refractivity contribution in [3.8, 4) is 0 Å². The van der Waals surface area contributed by atoms with Crippen LogP contribution in [0.25, 0.3) is 0 Å². The largest absolute Gasteiger partial charge is 0.368 e. The summed E-state index contributed by atoms with van der Waals surface area (Å²) in [7, 11) is -1.96. The Bertz CT molecular complexity index is 487. The van der Waals surface area contributed by atoms with Crippen molar-refractivity contribution < 1.29 is 8.42 Å². The van der Waals surface area contributed by atoms with Gasteiger partial charge in [0, 0.05) is 26.2 Å². The molecule has 0 radical (unpaired) electrons. The molecule has 1 aromatic carbocycles. The first-order valence-electron chi connectivity index (χ1n) is 5.63. The summed E-state index contributed by atoms with van der Waals surface area (Å²) >= 11 is 0. The molecule has 0 saturated carbocycles. The monoisotopic (exact) mass is 291 g/mol. The van der Waals surface area contributed by atoms with Gasteiger partial charge in [-0.2, -0.15) is 0 Å². The SMILES string of the molecule is CNS(=O)(=O)c1ccccc1N1CCNCC1.Cl. The molecule has 5 nitrogen and oxygen atoms in total. The fourth-order valence-electron chi connectivity index (χ4n) is 1.96. The van der Waals surface area contributed by atoms with Gasteiger partial charge in [0.15, 0.2) is 0 Å². The Morgan fingerprint density at radius 3 is 2.44 bits per heavy atom. The van der Waals surface area contributed by atoms with E-state index in [1.165, 1.54) is 7.05 Å². The second-order valence-corrected chi connectivity index (χ2v) is 5.77. The van der Waals surface area contributed by atoms with E-state index in [2.05, 4.69) is 14.9 Å². The summed E-state index contributed by atoms with van der Waals surface area (Å²) in [4.78, 5) is 2.45. The molecule has 0 bridgehead atoms. The Morgan fingerprint density at radius 1 is 1.22 bits per heavy atom. The highest BCUT2D eigenvalue weighted by atomic mass is 35.5. The molecular weight excluding hydrogens is 274 g/mol. The standard InChI is InChI=1S/C11H17N3O2S.ClH/c1-12-17(15,16)11-5-3-2-4-10(11)14-8-6-13-7-9-14;/h2-5,12-13H,6-9H2,1H3;1H. The van der Waals surface area contributed by atoms with E-state index < -0.39 is 10.0 Å². The zero-order chi connectivity index (χ0) is 12.3. The van der Waals surface area contributed by atoms with E-state index >= 15 is 0 Å². The van der Waals surface area contributed by atoms with Crippen LogP contribution in [0.15, 0.2) is 29.2 Å². The fraction of sp³-hybridized carbons (Fsp3) is 0.455. The molecule has 7 heteroatoms. The number of hydrogen-bond donors (Lipinski definition) is 2. The molecule has 102 valence electrons. The molecule has 2 rings (SSSR count). The molecule has 1 heterocycles. The number of sulfonamides is 1. The minimum Gasteiger partial charge on any atom is -0.368 e. The Hall–Kier alpha value is -0.820. The second-order valence-electron chi connectivity index (χ2n) is 3.91. The lowest BCUT2D eigenvalue weighted by molar-refractivity contribution is 0.576. The first-order chi connectivity index (χ1) is 8.15. The van der Waals surface area contributed by atoms with Crippen molar-refractivity contribution in [1.29, 1.82) is 0 Å². The minimum absolute atomic E-state index is 0. The number of benzene rings is 1. The molecule has 0 spiro atoms. The van der Waals surface area contributed by atoms with Gasteiger partial charge < -0.3 is 10.2 Å². The van der Waals surface area contributed by atoms with Crippen molar-refractivity contribution in [2.24, 2.45) is 0 Å². The number of hydrogen-bond acceptors (Lipinski definition) is 4. The average Bonchev–Trinajstić information content (AvgIpc) is 2.40. The van der Waals surface area contributed by atoms with E-state index in [0.29, 0.717) is 4.90 Å². The van der Waals surface area contributed by atoms with Gasteiger partial charge in [-0.15, -0.1) is 12.4 Å². The predicted octanol–water partition coefficient (Wildman–Crippen LogP) is 0.426. The van der Waals surface area contributed by atoms with Crippen LogP contribution in [0.3, 0.4) is 0 Å². The van der Waals surface area contributed by atoms with Gasteiger partial charge >= 0.3 is 0 Å². The molecule has 1 aliphatic heterocycles. The Morgan fingerprint density at radius 2 is 1.83 bits per heavy atom. The fourth-order valence-corrected chi connectivity index (χ4v) is 2.91.